The Balaban J connectivity index is 1.84. The van der Waals surface area contributed by atoms with Crippen LogP contribution in [-0.2, 0) is 23.9 Å². The number of ketones is 1. The summed E-state index contributed by atoms with van der Waals surface area (Å²) in [6.45, 7) is 0. The molecule has 0 saturated heterocycles. The molecule has 0 radical (unpaired) electrons. The summed E-state index contributed by atoms with van der Waals surface area (Å²) in [4.78, 5) is 42.2. The summed E-state index contributed by atoms with van der Waals surface area (Å²) in [5.41, 5.74) is 7.99. The number of Topliss-reactive ketones (excluding diaryl/α,β-unsaturated/α-hetero) is 1. The number of nitrogens with two attached hydrogens (primary N) is 1. The number of esters is 2. The second kappa shape index (κ2) is 10.8. The zero-order valence-electron chi connectivity index (χ0n) is 21.8. The molecule has 3 aromatic rings. The quantitative estimate of drug-likeness (QED) is 0.367. The number of anilines is 1. The van der Waals surface area contributed by atoms with Gasteiger partial charge in [-0.15, -0.1) is 0 Å². The van der Waals surface area contributed by atoms with E-state index < -0.39 is 47.1 Å². The van der Waals surface area contributed by atoms with Crippen LogP contribution in [0.3, 0.4) is 0 Å². The summed E-state index contributed by atoms with van der Waals surface area (Å²) in [6, 6.07) is 20.1. The first-order valence-corrected chi connectivity index (χ1v) is 12.6. The van der Waals surface area contributed by atoms with Gasteiger partial charge in [-0.2, -0.15) is 0 Å². The fourth-order valence-electron chi connectivity index (χ4n) is 5.65. The first-order chi connectivity index (χ1) is 19.3. The van der Waals surface area contributed by atoms with Crippen molar-refractivity contribution in [2.24, 2.45) is 11.7 Å². The van der Waals surface area contributed by atoms with E-state index in [-0.39, 0.29) is 29.1 Å². The van der Waals surface area contributed by atoms with Crippen LogP contribution in [0.5, 0.6) is 0 Å². The van der Waals surface area contributed by atoms with Gasteiger partial charge in [0.2, 0.25) is 0 Å². The standard InChI is InChI=1S/C31H26F2N2O5/c1-39-30(37)25-20(17-8-4-3-5-9-17)16-23-26(28(25)36)24(18-12-14-19(32)15-13-18)27(31(38)40-2)29(34)35(23)22-11-7-6-10-21(22)33/h3-15,20,24-25H,16,34H2,1-2H3/t20-,24-,25-/m1/s1. The minimum Gasteiger partial charge on any atom is -0.468 e. The van der Waals surface area contributed by atoms with Crippen molar-refractivity contribution in [2.75, 3.05) is 19.1 Å². The minimum absolute atomic E-state index is 0.0163. The fraction of sp³-hybridized carbons (Fsp3) is 0.194. The number of nitrogens with zero attached hydrogens (tertiary/aromatic N) is 1. The van der Waals surface area contributed by atoms with Gasteiger partial charge in [0.25, 0.3) is 0 Å². The molecule has 9 heteroatoms. The van der Waals surface area contributed by atoms with E-state index in [9.17, 15) is 18.8 Å². The maximum atomic E-state index is 15.3. The van der Waals surface area contributed by atoms with E-state index in [4.69, 9.17) is 15.2 Å². The molecule has 5 rings (SSSR count). The van der Waals surface area contributed by atoms with Crippen LogP contribution >= 0.6 is 0 Å². The highest BCUT2D eigenvalue weighted by molar-refractivity contribution is 6.14. The molecule has 1 heterocycles. The third-order valence-electron chi connectivity index (χ3n) is 7.42. The normalized spacial score (nSPS) is 20.8. The van der Waals surface area contributed by atoms with Crippen molar-refractivity contribution in [3.63, 3.8) is 0 Å². The molecule has 7 nitrogen and oxygen atoms in total. The molecule has 40 heavy (non-hydrogen) atoms. The molecule has 0 aromatic heterocycles. The molecule has 0 amide bonds. The molecule has 204 valence electrons. The lowest BCUT2D eigenvalue weighted by molar-refractivity contribution is -0.150. The number of methoxy groups -OCH3 is 2. The monoisotopic (exact) mass is 544 g/mol. The number of carbonyl (C=O) groups excluding carboxylic acids is 3. The molecule has 3 aromatic carbocycles. The highest BCUT2D eigenvalue weighted by atomic mass is 19.1. The predicted octanol–water partition coefficient (Wildman–Crippen LogP) is 4.71. The van der Waals surface area contributed by atoms with Crippen molar-refractivity contribution in [3.05, 3.63) is 124 Å². The van der Waals surface area contributed by atoms with Gasteiger partial charge in [-0.05, 0) is 41.8 Å². The second-order valence-corrected chi connectivity index (χ2v) is 9.51. The van der Waals surface area contributed by atoms with Crippen molar-refractivity contribution >= 4 is 23.4 Å². The van der Waals surface area contributed by atoms with Crippen LogP contribution in [0.25, 0.3) is 0 Å². The Morgan fingerprint density at radius 1 is 0.875 bits per heavy atom. The molecule has 1 aliphatic heterocycles. The Labute approximate surface area is 229 Å². The van der Waals surface area contributed by atoms with Gasteiger partial charge in [0.1, 0.15) is 23.4 Å². The first-order valence-electron chi connectivity index (χ1n) is 12.6. The second-order valence-electron chi connectivity index (χ2n) is 9.51. The molecule has 0 fully saturated rings. The topological polar surface area (TPSA) is 98.9 Å². The summed E-state index contributed by atoms with van der Waals surface area (Å²) in [6.07, 6.45) is 0.0893. The van der Waals surface area contributed by atoms with E-state index >= 15 is 4.39 Å². The zero-order chi connectivity index (χ0) is 28.6. The number of hydrogen-bond acceptors (Lipinski definition) is 7. The van der Waals surface area contributed by atoms with E-state index in [0.717, 1.165) is 7.11 Å². The molecule has 3 atom stereocenters. The summed E-state index contributed by atoms with van der Waals surface area (Å²) in [7, 11) is 2.36. The number of rotatable bonds is 5. The van der Waals surface area contributed by atoms with Gasteiger partial charge in [0.05, 0.1) is 31.4 Å². The SMILES string of the molecule is COC(=O)C1=C(N)N(c2ccccc2F)C2=C(C(=O)[C@H](C(=O)OC)[C@@H](c3ccccc3)C2)[C@H]1c1ccc(F)cc1. The largest absolute Gasteiger partial charge is 0.468 e. The van der Waals surface area contributed by atoms with Crippen LogP contribution in [0, 0.1) is 17.6 Å². The van der Waals surface area contributed by atoms with Crippen molar-refractivity contribution in [1.29, 1.82) is 0 Å². The van der Waals surface area contributed by atoms with E-state index in [1.54, 1.807) is 30.3 Å². The average molecular weight is 545 g/mol. The van der Waals surface area contributed by atoms with Gasteiger partial charge in [0.15, 0.2) is 5.78 Å². The van der Waals surface area contributed by atoms with Gasteiger partial charge >= 0.3 is 11.9 Å². The van der Waals surface area contributed by atoms with Gasteiger partial charge in [0, 0.05) is 17.2 Å². The van der Waals surface area contributed by atoms with Gasteiger partial charge in [-0.3, -0.25) is 14.5 Å². The number of carbonyl (C=O) groups is 3. The van der Waals surface area contributed by atoms with Crippen LogP contribution < -0.4 is 10.6 Å². The summed E-state index contributed by atoms with van der Waals surface area (Å²) < 4.78 is 39.3. The molecule has 2 N–H and O–H groups in total. The number of halogens is 2. The lowest BCUT2D eigenvalue weighted by Crippen LogP contribution is -2.46. The predicted molar refractivity (Wildman–Crippen MR) is 143 cm³/mol. The Hall–Kier alpha value is -4.79. The highest BCUT2D eigenvalue weighted by Gasteiger charge is 2.51. The Kier molecular flexibility index (Phi) is 7.21. The van der Waals surface area contributed by atoms with Crippen molar-refractivity contribution in [2.45, 2.75) is 18.3 Å². The number of allylic oxidation sites excluding steroid dienone is 2. The van der Waals surface area contributed by atoms with Crippen molar-refractivity contribution < 1.29 is 32.6 Å². The van der Waals surface area contributed by atoms with Gasteiger partial charge < -0.3 is 15.2 Å². The summed E-state index contributed by atoms with van der Waals surface area (Å²) in [5.74, 6) is -6.54. The maximum Gasteiger partial charge on any atom is 0.338 e. The smallest absolute Gasteiger partial charge is 0.338 e. The third kappa shape index (κ3) is 4.43. The number of benzene rings is 3. The van der Waals surface area contributed by atoms with Crippen LogP contribution in [0.2, 0.25) is 0 Å². The zero-order valence-corrected chi connectivity index (χ0v) is 21.8. The summed E-state index contributed by atoms with van der Waals surface area (Å²) >= 11 is 0. The molecule has 0 unspecified atom stereocenters. The van der Waals surface area contributed by atoms with Crippen LogP contribution in [-0.4, -0.2) is 31.9 Å². The molecular formula is C31H26F2N2O5. The lowest BCUT2D eigenvalue weighted by atomic mass is 9.67. The summed E-state index contributed by atoms with van der Waals surface area (Å²) in [5, 5.41) is 0. The molecule has 0 bridgehead atoms. The lowest BCUT2D eigenvalue weighted by Gasteiger charge is -2.44. The molecule has 2 aliphatic rings. The fourth-order valence-corrected chi connectivity index (χ4v) is 5.65. The van der Waals surface area contributed by atoms with Crippen molar-refractivity contribution in [1.82, 2.24) is 0 Å². The highest BCUT2D eigenvalue weighted by Crippen LogP contribution is 2.51. The average Bonchev–Trinajstić information content (AvgIpc) is 2.97. The third-order valence-corrected chi connectivity index (χ3v) is 7.42. The number of para-hydroxylation sites is 1. The van der Waals surface area contributed by atoms with Gasteiger partial charge in [-0.25, -0.2) is 13.6 Å². The first kappa shape index (κ1) is 26.8. The van der Waals surface area contributed by atoms with Crippen LogP contribution in [0.15, 0.2) is 102 Å². The van der Waals surface area contributed by atoms with E-state index in [1.807, 2.05) is 6.07 Å². The van der Waals surface area contributed by atoms with Crippen molar-refractivity contribution in [3.8, 4) is 0 Å². The number of hydrogen-bond donors (Lipinski definition) is 1. The van der Waals surface area contributed by atoms with Crippen LogP contribution in [0.1, 0.15) is 29.4 Å². The Bertz CT molecular complexity index is 1550. The Morgan fingerprint density at radius 3 is 2.15 bits per heavy atom. The number of ether oxygens (including phenoxy) is 2. The van der Waals surface area contributed by atoms with E-state index in [2.05, 4.69) is 0 Å². The minimum atomic E-state index is -1.25. The van der Waals surface area contributed by atoms with Crippen LogP contribution in [0.4, 0.5) is 14.5 Å². The Morgan fingerprint density at radius 2 is 1.52 bits per heavy atom. The van der Waals surface area contributed by atoms with E-state index in [0.29, 0.717) is 16.8 Å². The van der Waals surface area contributed by atoms with Gasteiger partial charge in [-0.1, -0.05) is 54.6 Å². The molecule has 0 saturated carbocycles. The molecular weight excluding hydrogens is 518 g/mol. The molecule has 1 aliphatic carbocycles. The van der Waals surface area contributed by atoms with E-state index in [1.165, 1.54) is 54.5 Å². The molecule has 0 spiro atoms. The maximum absolute atomic E-state index is 15.3.